The summed E-state index contributed by atoms with van der Waals surface area (Å²) in [6.45, 7) is 14.0. The summed E-state index contributed by atoms with van der Waals surface area (Å²) in [5.74, 6) is 1.30. The van der Waals surface area contributed by atoms with Crippen LogP contribution in [0, 0.1) is 0 Å². The lowest BCUT2D eigenvalue weighted by Crippen LogP contribution is -2.04. The predicted octanol–water partition coefficient (Wildman–Crippen LogP) is 11.6. The van der Waals surface area contributed by atoms with Gasteiger partial charge in [-0.1, -0.05) is 96.1 Å². The lowest BCUT2D eigenvalue weighted by Gasteiger charge is -2.24. The molecule has 0 aliphatic heterocycles. The summed E-state index contributed by atoms with van der Waals surface area (Å²) in [6, 6.07) is 32.0. The molecule has 0 amide bonds. The van der Waals surface area contributed by atoms with Crippen molar-refractivity contribution in [3.05, 3.63) is 108 Å². The minimum absolute atomic E-state index is 0.406. The van der Waals surface area contributed by atoms with Crippen molar-refractivity contribution in [3.8, 4) is 11.1 Å². The lowest BCUT2D eigenvalue weighted by molar-refractivity contribution is 0.808. The average molecular weight is 545 g/mol. The van der Waals surface area contributed by atoms with Gasteiger partial charge in [0.15, 0.2) is 0 Å². The van der Waals surface area contributed by atoms with E-state index in [4.69, 9.17) is 4.98 Å². The molecule has 0 unspecified atom stereocenters. The van der Waals surface area contributed by atoms with E-state index in [1.165, 1.54) is 82.1 Å². The van der Waals surface area contributed by atoms with Crippen LogP contribution in [0.4, 0.5) is 0 Å². The van der Waals surface area contributed by atoms with Crippen molar-refractivity contribution >= 4 is 59.8 Å². The summed E-state index contributed by atoms with van der Waals surface area (Å²) in [7, 11) is 0. The van der Waals surface area contributed by atoms with Gasteiger partial charge in [0.05, 0.1) is 22.1 Å². The summed E-state index contributed by atoms with van der Waals surface area (Å²) < 4.78 is 2.53. The summed E-state index contributed by atoms with van der Waals surface area (Å²) in [4.78, 5) is 5.05. The van der Waals surface area contributed by atoms with Crippen LogP contribution in [0.1, 0.15) is 76.0 Å². The second-order valence-electron chi connectivity index (χ2n) is 13.0. The van der Waals surface area contributed by atoms with Crippen LogP contribution in [0.2, 0.25) is 0 Å². The molecule has 8 aromatic rings. The zero-order chi connectivity index (χ0) is 28.9. The third kappa shape index (κ3) is 3.41. The van der Waals surface area contributed by atoms with Gasteiger partial charge in [0.25, 0.3) is 0 Å². The van der Waals surface area contributed by atoms with Crippen LogP contribution in [0.15, 0.2) is 91.1 Å². The first-order chi connectivity index (χ1) is 20.3. The molecule has 8 rings (SSSR count). The Kier molecular flexibility index (Phi) is 5.44. The van der Waals surface area contributed by atoms with Crippen LogP contribution in [-0.2, 0) is 0 Å². The number of para-hydroxylation sites is 1. The molecule has 0 fully saturated rings. The molecule has 0 spiro atoms. The van der Waals surface area contributed by atoms with Gasteiger partial charge in [0.1, 0.15) is 0 Å². The molecule has 0 bridgehead atoms. The molecule has 0 atom stereocenters. The number of fused-ring (bicyclic) bond motifs is 7. The van der Waals surface area contributed by atoms with E-state index >= 15 is 0 Å². The topological polar surface area (TPSA) is 17.3 Å². The van der Waals surface area contributed by atoms with E-state index in [-0.39, 0.29) is 0 Å². The van der Waals surface area contributed by atoms with Crippen molar-refractivity contribution < 1.29 is 0 Å². The molecule has 42 heavy (non-hydrogen) atoms. The molecule has 0 radical (unpaired) electrons. The second kappa shape index (κ2) is 9.03. The van der Waals surface area contributed by atoms with Crippen molar-refractivity contribution in [3.63, 3.8) is 0 Å². The molecule has 2 heteroatoms. The number of hydrogen-bond donors (Lipinski definition) is 0. The molecular formula is C40H36N2. The number of aromatic nitrogens is 2. The van der Waals surface area contributed by atoms with Gasteiger partial charge in [-0.15, -0.1) is 0 Å². The molecular weight excluding hydrogens is 508 g/mol. The summed E-state index contributed by atoms with van der Waals surface area (Å²) in [5, 5.41) is 8.85. The lowest BCUT2D eigenvalue weighted by atomic mass is 9.80. The third-order valence-corrected chi connectivity index (χ3v) is 9.43. The summed E-state index contributed by atoms with van der Waals surface area (Å²) >= 11 is 0. The van der Waals surface area contributed by atoms with Gasteiger partial charge in [-0.05, 0) is 92.1 Å². The van der Waals surface area contributed by atoms with E-state index in [0.29, 0.717) is 17.8 Å². The van der Waals surface area contributed by atoms with Gasteiger partial charge in [0, 0.05) is 27.7 Å². The van der Waals surface area contributed by atoms with Crippen LogP contribution in [0.3, 0.4) is 0 Å². The van der Waals surface area contributed by atoms with Crippen LogP contribution < -0.4 is 0 Å². The van der Waals surface area contributed by atoms with Crippen molar-refractivity contribution in [2.24, 2.45) is 0 Å². The first-order valence-electron chi connectivity index (χ1n) is 15.4. The summed E-state index contributed by atoms with van der Waals surface area (Å²) in [5.41, 5.74) is 11.9. The minimum atomic E-state index is 0.406. The normalized spacial score (nSPS) is 12.7. The third-order valence-electron chi connectivity index (χ3n) is 9.43. The first-order valence-corrected chi connectivity index (χ1v) is 15.4. The van der Waals surface area contributed by atoms with E-state index in [9.17, 15) is 0 Å². The van der Waals surface area contributed by atoms with Crippen molar-refractivity contribution in [2.75, 3.05) is 0 Å². The van der Waals surface area contributed by atoms with E-state index in [0.717, 1.165) is 5.52 Å². The van der Waals surface area contributed by atoms with Crippen LogP contribution in [0.25, 0.3) is 70.9 Å². The summed E-state index contributed by atoms with van der Waals surface area (Å²) in [6.07, 6.45) is 2.00. The minimum Gasteiger partial charge on any atom is -0.308 e. The average Bonchev–Trinajstić information content (AvgIpc) is 3.34. The van der Waals surface area contributed by atoms with E-state index in [1.54, 1.807) is 0 Å². The van der Waals surface area contributed by atoms with Gasteiger partial charge < -0.3 is 4.40 Å². The van der Waals surface area contributed by atoms with Gasteiger partial charge >= 0.3 is 0 Å². The Bertz CT molecular complexity index is 2300. The maximum absolute atomic E-state index is 5.05. The second-order valence-corrected chi connectivity index (χ2v) is 13.0. The smallest absolute Gasteiger partial charge is 0.0822 e. The molecule has 0 aliphatic carbocycles. The Morgan fingerprint density at radius 1 is 0.571 bits per heavy atom. The number of rotatable bonds is 4. The van der Waals surface area contributed by atoms with E-state index < -0.39 is 0 Å². The Labute approximate surface area is 246 Å². The fourth-order valence-corrected chi connectivity index (χ4v) is 7.34. The number of nitrogens with zero attached hydrogens (tertiary/aromatic N) is 2. The van der Waals surface area contributed by atoms with E-state index in [1.807, 2.05) is 6.20 Å². The van der Waals surface area contributed by atoms with E-state index in [2.05, 4.69) is 131 Å². The highest BCUT2D eigenvalue weighted by Crippen LogP contribution is 2.48. The molecule has 0 aliphatic rings. The quantitative estimate of drug-likeness (QED) is 0.159. The Hall–Kier alpha value is -4.43. The Morgan fingerprint density at radius 3 is 1.93 bits per heavy atom. The van der Waals surface area contributed by atoms with Crippen molar-refractivity contribution in [1.29, 1.82) is 0 Å². The fraction of sp³-hybridized carbons (Fsp3) is 0.225. The Morgan fingerprint density at radius 2 is 1.24 bits per heavy atom. The molecule has 5 aromatic carbocycles. The number of benzene rings is 5. The highest BCUT2D eigenvalue weighted by Gasteiger charge is 2.26. The molecule has 0 saturated heterocycles. The SMILES string of the molecule is CC(C)c1cc(C(C)C)c(-c2cc3ccnc4c5cc6ccccc6cc5n5c6ccccc6c2c5c34)c(C(C)C)c1. The molecule has 206 valence electrons. The van der Waals surface area contributed by atoms with Crippen molar-refractivity contribution in [1.82, 2.24) is 9.38 Å². The highest BCUT2D eigenvalue weighted by atomic mass is 14.9. The predicted molar refractivity (Wildman–Crippen MR) is 182 cm³/mol. The zero-order valence-corrected chi connectivity index (χ0v) is 25.3. The maximum atomic E-state index is 5.05. The largest absolute Gasteiger partial charge is 0.308 e. The van der Waals surface area contributed by atoms with Gasteiger partial charge in [-0.2, -0.15) is 0 Å². The molecule has 2 nitrogen and oxygen atoms in total. The van der Waals surface area contributed by atoms with Gasteiger partial charge in [-0.25, -0.2) is 0 Å². The Balaban J connectivity index is 1.66. The maximum Gasteiger partial charge on any atom is 0.0822 e. The van der Waals surface area contributed by atoms with Crippen LogP contribution in [0.5, 0.6) is 0 Å². The molecule has 3 heterocycles. The monoisotopic (exact) mass is 544 g/mol. The first kappa shape index (κ1) is 25.3. The number of hydrogen-bond acceptors (Lipinski definition) is 1. The number of pyridine rings is 2. The molecule has 0 N–H and O–H groups in total. The zero-order valence-electron chi connectivity index (χ0n) is 25.3. The molecule has 0 saturated carbocycles. The van der Waals surface area contributed by atoms with Crippen LogP contribution in [-0.4, -0.2) is 9.38 Å². The van der Waals surface area contributed by atoms with Crippen LogP contribution >= 0.6 is 0 Å². The van der Waals surface area contributed by atoms with Gasteiger partial charge in [0.2, 0.25) is 0 Å². The molecule has 3 aromatic heterocycles. The fourth-order valence-electron chi connectivity index (χ4n) is 7.34. The van der Waals surface area contributed by atoms with Crippen molar-refractivity contribution in [2.45, 2.75) is 59.3 Å². The highest BCUT2D eigenvalue weighted by molar-refractivity contribution is 6.31. The van der Waals surface area contributed by atoms with Gasteiger partial charge in [-0.3, -0.25) is 4.98 Å². The standard InChI is InChI=1S/C40H36N2/c1-22(2)28-19-30(23(3)4)37(31(20-28)24(5)6)33-18-27-15-16-41-39-32-17-25-11-7-8-12-26(25)21-35(32)42-34-14-10-9-13-29(34)38(33)40(42)36(27)39/h7-24H,1-6H3.